The van der Waals surface area contributed by atoms with E-state index in [2.05, 4.69) is 256 Å². The first-order valence-electron chi connectivity index (χ1n) is 26.7. The number of hydrogen-bond donors (Lipinski definition) is 4. The van der Waals surface area contributed by atoms with Gasteiger partial charge in [0.25, 0.3) is 0 Å². The van der Waals surface area contributed by atoms with Gasteiger partial charge in [-0.15, -0.1) is 0 Å². The molecule has 8 heteroatoms. The lowest BCUT2D eigenvalue weighted by molar-refractivity contribution is 1.30. The van der Waals surface area contributed by atoms with Crippen LogP contribution in [0, 0.1) is 11.8 Å². The molecular weight excluding hydrogens is 977 g/mol. The van der Waals surface area contributed by atoms with Crippen molar-refractivity contribution in [1.82, 2.24) is 39.9 Å². The normalized spacial score (nSPS) is 12.2. The van der Waals surface area contributed by atoms with E-state index in [9.17, 15) is 0 Å². The molecule has 11 aromatic rings. The van der Waals surface area contributed by atoms with E-state index in [0.717, 1.165) is 145 Å². The zero-order chi connectivity index (χ0) is 52.9. The van der Waals surface area contributed by atoms with E-state index in [0.29, 0.717) is 11.3 Å². The van der Waals surface area contributed by atoms with E-state index in [4.69, 9.17) is 19.9 Å². The molecule has 4 aliphatic rings. The molecule has 0 amide bonds. The number of rotatable bonds is 5. The predicted octanol–water partition coefficient (Wildman–Crippen LogP) is 17.4. The van der Waals surface area contributed by atoms with Crippen molar-refractivity contribution < 1.29 is 0 Å². The average Bonchev–Trinajstić information content (AvgIpc) is 4.42. The van der Waals surface area contributed by atoms with E-state index < -0.39 is 0 Å². The Labute approximate surface area is 460 Å². The molecule has 0 atom stereocenters. The maximum Gasteiger partial charge on any atom is 0.0815 e. The molecule has 6 aromatic heterocycles. The highest BCUT2D eigenvalue weighted by Gasteiger charge is 2.20. The lowest BCUT2D eigenvalue weighted by Gasteiger charge is -2.06. The van der Waals surface area contributed by atoms with Crippen LogP contribution in [0.25, 0.3) is 148 Å². The summed E-state index contributed by atoms with van der Waals surface area (Å²) >= 11 is 0. The summed E-state index contributed by atoms with van der Waals surface area (Å²) in [5.74, 6) is 7.50. The topological polar surface area (TPSA) is 115 Å². The molecule has 0 saturated heterocycles. The lowest BCUT2D eigenvalue weighted by Crippen LogP contribution is -1.90. The van der Waals surface area contributed by atoms with Gasteiger partial charge >= 0.3 is 0 Å². The number of benzene rings is 5. The molecule has 10 heterocycles. The lowest BCUT2D eigenvalue weighted by atomic mass is 10.0. The van der Waals surface area contributed by atoms with Crippen LogP contribution in [0.15, 0.2) is 206 Å². The predicted molar refractivity (Wildman–Crippen MR) is 331 cm³/mol. The van der Waals surface area contributed by atoms with E-state index in [1.54, 1.807) is 0 Å². The molecule has 374 valence electrons. The van der Waals surface area contributed by atoms with Crippen LogP contribution in [0.1, 0.15) is 56.7 Å². The Kier molecular flexibility index (Phi) is 11.2. The van der Waals surface area contributed by atoms with Gasteiger partial charge in [0.1, 0.15) is 0 Å². The Morgan fingerprint density at radius 1 is 0.237 bits per heavy atom. The Bertz CT molecular complexity index is 4770. The first-order chi connectivity index (χ1) is 39.6. The van der Waals surface area contributed by atoms with Gasteiger partial charge in [-0.3, -0.25) is 0 Å². The molecular formula is C72H46N8. The molecule has 0 aliphatic carbocycles. The monoisotopic (exact) mass is 1020 g/mol. The summed E-state index contributed by atoms with van der Waals surface area (Å²) in [5.41, 5.74) is 25.1. The van der Waals surface area contributed by atoms with Crippen LogP contribution in [0.5, 0.6) is 0 Å². The van der Waals surface area contributed by atoms with Crippen molar-refractivity contribution in [2.24, 2.45) is 0 Å². The third kappa shape index (κ3) is 8.40. The van der Waals surface area contributed by atoms with Crippen molar-refractivity contribution in [3.63, 3.8) is 0 Å². The molecule has 0 radical (unpaired) electrons. The maximum atomic E-state index is 5.53. The number of nitrogens with one attached hydrogen (secondary N) is 4. The molecule has 0 unspecified atom stereocenters. The molecule has 15 rings (SSSR count). The van der Waals surface area contributed by atoms with Gasteiger partial charge in [-0.1, -0.05) is 164 Å². The van der Waals surface area contributed by atoms with Gasteiger partial charge in [-0.05, 0) is 131 Å². The number of nitrogens with zero attached hydrogens (tertiary/aromatic N) is 4. The van der Waals surface area contributed by atoms with Crippen molar-refractivity contribution in [3.8, 4) is 67.5 Å². The van der Waals surface area contributed by atoms with Gasteiger partial charge in [0.15, 0.2) is 0 Å². The summed E-state index contributed by atoms with van der Waals surface area (Å²) in [4.78, 5) is 37.0. The third-order valence-electron chi connectivity index (χ3n) is 15.0. The van der Waals surface area contributed by atoms with Crippen molar-refractivity contribution in [2.75, 3.05) is 0 Å². The fourth-order valence-corrected chi connectivity index (χ4v) is 11.3. The first-order valence-corrected chi connectivity index (χ1v) is 26.7. The van der Waals surface area contributed by atoms with Gasteiger partial charge < -0.3 is 19.9 Å². The quantitative estimate of drug-likeness (QED) is 0.129. The van der Waals surface area contributed by atoms with Gasteiger partial charge in [0.05, 0.1) is 67.7 Å². The summed E-state index contributed by atoms with van der Waals surface area (Å²) < 4.78 is 0. The molecule has 4 N–H and O–H groups in total. The van der Waals surface area contributed by atoms with E-state index in [1.807, 2.05) is 30.3 Å². The number of hydrogen-bond acceptors (Lipinski definition) is 4. The minimum Gasteiger partial charge on any atom is -0.355 e. The van der Waals surface area contributed by atoms with E-state index in [-0.39, 0.29) is 0 Å². The minimum absolute atomic E-state index is 0.715. The van der Waals surface area contributed by atoms with Crippen molar-refractivity contribution >= 4 is 92.7 Å². The summed E-state index contributed by atoms with van der Waals surface area (Å²) in [6.45, 7) is 0. The molecule has 8 nitrogen and oxygen atoms in total. The molecule has 4 aliphatic heterocycles. The molecule has 0 saturated carbocycles. The van der Waals surface area contributed by atoms with Gasteiger partial charge in [0.2, 0.25) is 0 Å². The zero-order valence-corrected chi connectivity index (χ0v) is 43.0. The smallest absolute Gasteiger partial charge is 0.0815 e. The van der Waals surface area contributed by atoms with Crippen molar-refractivity contribution in [2.45, 2.75) is 0 Å². The van der Waals surface area contributed by atoms with Crippen LogP contribution < -0.4 is 0 Å². The van der Waals surface area contributed by atoms with Gasteiger partial charge in [-0.2, -0.15) is 0 Å². The Hall–Kier alpha value is -11.1. The average molecular weight is 1020 g/mol. The van der Waals surface area contributed by atoms with Gasteiger partial charge in [-0.25, -0.2) is 19.9 Å². The summed E-state index contributed by atoms with van der Waals surface area (Å²) in [6, 6.07) is 71.3. The number of aromatic nitrogens is 8. The highest BCUT2D eigenvalue weighted by molar-refractivity contribution is 5.99. The minimum atomic E-state index is 0.715. The Morgan fingerprint density at radius 2 is 0.512 bits per heavy atom. The molecule has 0 spiro atoms. The van der Waals surface area contributed by atoms with Crippen LogP contribution in [-0.2, 0) is 0 Å². The van der Waals surface area contributed by atoms with Crippen LogP contribution >= 0.6 is 0 Å². The van der Waals surface area contributed by atoms with Crippen LogP contribution in [0.3, 0.4) is 0 Å². The summed E-state index contributed by atoms with van der Waals surface area (Å²) in [5, 5.41) is 0. The van der Waals surface area contributed by atoms with Crippen LogP contribution in [0.2, 0.25) is 0 Å². The highest BCUT2D eigenvalue weighted by Crippen LogP contribution is 2.38. The highest BCUT2D eigenvalue weighted by atomic mass is 14.8. The summed E-state index contributed by atoms with van der Waals surface area (Å²) in [7, 11) is 0. The third-order valence-corrected chi connectivity index (χ3v) is 15.0. The summed E-state index contributed by atoms with van der Waals surface area (Å²) in [6.07, 6.45) is 16.8. The largest absolute Gasteiger partial charge is 0.355 e. The van der Waals surface area contributed by atoms with E-state index >= 15 is 0 Å². The van der Waals surface area contributed by atoms with Crippen LogP contribution in [-0.4, -0.2) is 39.9 Å². The zero-order valence-electron chi connectivity index (χ0n) is 43.0. The SMILES string of the molecule is C(#Cc1c2nc(c(-c3ccccc3)c3ccc([nH]3)c(-c3ccccc3)c3nc(c(-c4ccccc4)c4ccc1[nH]4)C=C3)C=C2)c1c2nc(c(-c3ccccc3)c3ccc(cc4nc(c(-c5ccccc5)c5ccc1[nH]5)C=C4)[nH]3)C=C2. The number of aromatic amines is 4. The standard InChI is InChI=1S/C72H46N8/c1-6-16-45(17-7-1)68-58-30-26-50(73-58)44-51-27-31-59(74-51)69(46-18-8-2-9-19-46)61-37-33-55(76-61)52(54-32-36-60(68)75-54)28-29-53-56-34-38-62(77-56)70(47-20-10-3-11-21-47)64-40-42-66(79-64)72(49-24-14-5-15-25-49)67-43-41-65(80-67)71(48-22-12-4-13-23-48)63-39-35-57(53)78-63/h1-27,30-44,73,76-77,80H. The second-order valence-electron chi connectivity index (χ2n) is 19.9. The Morgan fingerprint density at radius 3 is 0.887 bits per heavy atom. The second-order valence-corrected chi connectivity index (χ2v) is 19.9. The molecule has 80 heavy (non-hydrogen) atoms. The number of H-pyrrole nitrogens is 4. The van der Waals surface area contributed by atoms with Crippen molar-refractivity contribution in [1.29, 1.82) is 0 Å². The molecule has 5 aromatic carbocycles. The first kappa shape index (κ1) is 46.2. The number of fused-ring (bicyclic) bond motifs is 16. The van der Waals surface area contributed by atoms with E-state index in [1.165, 1.54) is 0 Å². The molecule has 0 fully saturated rings. The Balaban J connectivity index is 1.05. The molecule has 16 bridgehead atoms. The fourth-order valence-electron chi connectivity index (χ4n) is 11.3. The fraction of sp³-hybridized carbons (Fsp3) is 0. The second kappa shape index (κ2) is 19.5. The van der Waals surface area contributed by atoms with Crippen molar-refractivity contribution in [3.05, 3.63) is 263 Å². The van der Waals surface area contributed by atoms with Crippen LogP contribution in [0.4, 0.5) is 0 Å². The maximum absolute atomic E-state index is 5.53. The van der Waals surface area contributed by atoms with Gasteiger partial charge in [0, 0.05) is 60.9 Å².